The fourth-order valence-corrected chi connectivity index (χ4v) is 2.48. The number of rotatable bonds is 0. The highest BCUT2D eigenvalue weighted by molar-refractivity contribution is 5.84. The molecule has 0 aromatic carbocycles. The number of nitrogens with zero attached hydrogens (tertiary/aromatic N) is 1. The molecule has 0 radical (unpaired) electrons. The molecule has 1 fully saturated rings. The fourth-order valence-electron chi connectivity index (χ4n) is 2.48. The summed E-state index contributed by atoms with van der Waals surface area (Å²) in [6.07, 6.45) is 11.2. The summed E-state index contributed by atoms with van der Waals surface area (Å²) in [4.78, 5) is 4.66. The van der Waals surface area contributed by atoms with Gasteiger partial charge in [0.1, 0.15) is 0 Å². The minimum atomic E-state index is 0.992. The molecule has 0 N–H and O–H groups in total. The van der Waals surface area contributed by atoms with Gasteiger partial charge in [0.2, 0.25) is 0 Å². The normalized spacial score (nSPS) is 31.3. The summed E-state index contributed by atoms with van der Waals surface area (Å²) < 4.78 is 0. The molecule has 2 rings (SSSR count). The van der Waals surface area contributed by atoms with Crippen molar-refractivity contribution in [3.05, 3.63) is 0 Å². The molecular weight excluding hydrogens is 146 g/mol. The van der Waals surface area contributed by atoms with Crippen molar-refractivity contribution in [2.45, 2.75) is 51.4 Å². The van der Waals surface area contributed by atoms with Gasteiger partial charge in [-0.3, -0.25) is 4.99 Å². The highest BCUT2D eigenvalue weighted by Crippen LogP contribution is 2.26. The van der Waals surface area contributed by atoms with Crippen LogP contribution in [0.2, 0.25) is 0 Å². The molecule has 1 atom stereocenters. The van der Waals surface area contributed by atoms with Crippen LogP contribution in [-0.2, 0) is 0 Å². The minimum Gasteiger partial charge on any atom is -0.294 e. The van der Waals surface area contributed by atoms with Crippen molar-refractivity contribution in [3.8, 4) is 0 Å². The lowest BCUT2D eigenvalue weighted by Crippen LogP contribution is -2.09. The van der Waals surface area contributed by atoms with Gasteiger partial charge in [-0.25, -0.2) is 0 Å². The molecule has 0 spiro atoms. The second-order valence-corrected chi connectivity index (χ2v) is 4.26. The van der Waals surface area contributed by atoms with E-state index in [-0.39, 0.29) is 0 Å². The smallest absolute Gasteiger partial charge is 0.0388 e. The summed E-state index contributed by atoms with van der Waals surface area (Å²) in [6.45, 7) is 1.12. The summed E-state index contributed by atoms with van der Waals surface area (Å²) in [5.74, 6) is 0.992. The number of aliphatic imine (C=N–C) groups is 1. The van der Waals surface area contributed by atoms with Gasteiger partial charge in [0.15, 0.2) is 0 Å². The molecule has 2 bridgehead atoms. The third-order valence-corrected chi connectivity index (χ3v) is 3.21. The zero-order valence-electron chi connectivity index (χ0n) is 7.89. The molecule has 1 heteroatoms. The zero-order valence-corrected chi connectivity index (χ0v) is 7.89. The summed E-state index contributed by atoms with van der Waals surface area (Å²) >= 11 is 0. The maximum Gasteiger partial charge on any atom is 0.0388 e. The molecule has 1 saturated carbocycles. The predicted octanol–water partition coefficient (Wildman–Crippen LogP) is 3.19. The van der Waals surface area contributed by atoms with Crippen LogP contribution in [0.5, 0.6) is 0 Å². The molecule has 1 heterocycles. The standard InChI is InChI=1S/C11H19N/c1-2-5-10-6-4-8-12-11(9-10)7-3-1/h10H,1-9H2. The topological polar surface area (TPSA) is 12.4 Å². The maximum absolute atomic E-state index is 4.66. The van der Waals surface area contributed by atoms with Gasteiger partial charge in [0.25, 0.3) is 0 Å². The Hall–Kier alpha value is -0.330. The summed E-state index contributed by atoms with van der Waals surface area (Å²) in [6, 6.07) is 0. The lowest BCUT2D eigenvalue weighted by Gasteiger charge is -2.17. The molecule has 68 valence electrons. The van der Waals surface area contributed by atoms with Crippen molar-refractivity contribution in [2.24, 2.45) is 10.9 Å². The average molecular weight is 165 g/mol. The van der Waals surface area contributed by atoms with Crippen LogP contribution >= 0.6 is 0 Å². The maximum atomic E-state index is 4.66. The van der Waals surface area contributed by atoms with E-state index in [1.165, 1.54) is 57.1 Å². The van der Waals surface area contributed by atoms with E-state index in [4.69, 9.17) is 0 Å². The van der Waals surface area contributed by atoms with Crippen LogP contribution < -0.4 is 0 Å². The Morgan fingerprint density at radius 1 is 1.00 bits per heavy atom. The van der Waals surface area contributed by atoms with Crippen molar-refractivity contribution in [1.82, 2.24) is 0 Å². The van der Waals surface area contributed by atoms with Crippen LogP contribution in [0.1, 0.15) is 51.4 Å². The van der Waals surface area contributed by atoms with Gasteiger partial charge < -0.3 is 0 Å². The van der Waals surface area contributed by atoms with Gasteiger partial charge >= 0.3 is 0 Å². The van der Waals surface area contributed by atoms with E-state index >= 15 is 0 Å². The molecule has 1 aliphatic carbocycles. The summed E-state index contributed by atoms with van der Waals surface area (Å²) in [5, 5.41) is 0. The SMILES string of the molecule is C1CCC2=NCCCC(CC1)C2. The second kappa shape index (κ2) is 4.06. The van der Waals surface area contributed by atoms with E-state index in [9.17, 15) is 0 Å². The highest BCUT2D eigenvalue weighted by atomic mass is 14.7. The molecule has 1 aliphatic heterocycles. The van der Waals surface area contributed by atoms with Crippen molar-refractivity contribution in [3.63, 3.8) is 0 Å². The molecule has 0 aromatic rings. The van der Waals surface area contributed by atoms with E-state index in [1.54, 1.807) is 0 Å². The Balaban J connectivity index is 2.01. The summed E-state index contributed by atoms with van der Waals surface area (Å²) in [7, 11) is 0. The van der Waals surface area contributed by atoms with Crippen LogP contribution in [0.3, 0.4) is 0 Å². The van der Waals surface area contributed by atoms with Gasteiger partial charge in [-0.2, -0.15) is 0 Å². The second-order valence-electron chi connectivity index (χ2n) is 4.26. The van der Waals surface area contributed by atoms with Crippen molar-refractivity contribution >= 4 is 5.71 Å². The Labute approximate surface area is 75.3 Å². The summed E-state index contributed by atoms with van der Waals surface area (Å²) in [5.41, 5.74) is 1.54. The molecule has 0 amide bonds. The van der Waals surface area contributed by atoms with Gasteiger partial charge in [-0.05, 0) is 38.0 Å². The van der Waals surface area contributed by atoms with Crippen molar-refractivity contribution in [2.75, 3.05) is 6.54 Å². The van der Waals surface area contributed by atoms with Crippen LogP contribution in [0.25, 0.3) is 0 Å². The Kier molecular flexibility index (Phi) is 2.80. The molecule has 0 saturated heterocycles. The van der Waals surface area contributed by atoms with E-state index in [0.717, 1.165) is 12.5 Å². The third-order valence-electron chi connectivity index (χ3n) is 3.21. The lowest BCUT2D eigenvalue weighted by atomic mass is 9.88. The van der Waals surface area contributed by atoms with Gasteiger partial charge in [0.05, 0.1) is 0 Å². The first-order valence-electron chi connectivity index (χ1n) is 5.47. The Morgan fingerprint density at radius 2 is 1.92 bits per heavy atom. The quantitative estimate of drug-likeness (QED) is 0.522. The first-order chi connectivity index (χ1) is 5.95. The molecule has 2 aliphatic rings. The largest absolute Gasteiger partial charge is 0.294 e. The minimum absolute atomic E-state index is 0.992. The van der Waals surface area contributed by atoms with E-state index < -0.39 is 0 Å². The first-order valence-corrected chi connectivity index (χ1v) is 5.47. The van der Waals surface area contributed by atoms with Crippen LogP contribution in [-0.4, -0.2) is 12.3 Å². The van der Waals surface area contributed by atoms with Crippen molar-refractivity contribution < 1.29 is 0 Å². The van der Waals surface area contributed by atoms with E-state index in [1.807, 2.05) is 0 Å². The first kappa shape index (κ1) is 8.28. The number of hydrogen-bond acceptors (Lipinski definition) is 1. The van der Waals surface area contributed by atoms with Crippen LogP contribution in [0.4, 0.5) is 0 Å². The zero-order chi connectivity index (χ0) is 8.23. The third kappa shape index (κ3) is 2.09. The van der Waals surface area contributed by atoms with Gasteiger partial charge in [0, 0.05) is 12.3 Å². The monoisotopic (exact) mass is 165 g/mol. The lowest BCUT2D eigenvalue weighted by molar-refractivity contribution is 0.428. The average Bonchev–Trinajstić information content (AvgIpc) is 2.25. The molecule has 12 heavy (non-hydrogen) atoms. The number of fused-ring (bicyclic) bond motifs is 2. The van der Waals surface area contributed by atoms with Crippen molar-refractivity contribution in [1.29, 1.82) is 0 Å². The van der Waals surface area contributed by atoms with E-state index in [2.05, 4.69) is 4.99 Å². The van der Waals surface area contributed by atoms with Crippen LogP contribution in [0, 0.1) is 5.92 Å². The fraction of sp³-hybridized carbons (Fsp3) is 0.909. The van der Waals surface area contributed by atoms with Gasteiger partial charge in [-0.15, -0.1) is 0 Å². The van der Waals surface area contributed by atoms with E-state index in [0.29, 0.717) is 0 Å². The molecule has 0 aromatic heterocycles. The van der Waals surface area contributed by atoms with Gasteiger partial charge in [-0.1, -0.05) is 19.3 Å². The highest BCUT2D eigenvalue weighted by Gasteiger charge is 2.16. The Morgan fingerprint density at radius 3 is 2.92 bits per heavy atom. The molecular formula is C11H19N. The molecule has 1 nitrogen and oxygen atoms in total. The number of hydrogen-bond donors (Lipinski definition) is 0. The van der Waals surface area contributed by atoms with Crippen LogP contribution in [0.15, 0.2) is 4.99 Å². The molecule has 1 unspecified atom stereocenters. The Bertz CT molecular complexity index is 172. The predicted molar refractivity (Wildman–Crippen MR) is 52.7 cm³/mol.